The van der Waals surface area contributed by atoms with Gasteiger partial charge < -0.3 is 16.2 Å². The number of hydrogen-bond donors (Lipinski definition) is 4. The number of aliphatic hydroxyl groups is 1. The number of halogens is 2. The minimum absolute atomic E-state index is 0.219. The van der Waals surface area contributed by atoms with Crippen molar-refractivity contribution in [2.24, 2.45) is 16.8 Å². The van der Waals surface area contributed by atoms with Crippen molar-refractivity contribution in [1.82, 2.24) is 9.97 Å². The average molecular weight is 572 g/mol. The van der Waals surface area contributed by atoms with E-state index in [-0.39, 0.29) is 29.8 Å². The van der Waals surface area contributed by atoms with Crippen LogP contribution >= 0.6 is 34.5 Å². The van der Waals surface area contributed by atoms with Crippen LogP contribution in [0.4, 0.5) is 5.82 Å². The molecule has 0 bridgehead atoms. The maximum atomic E-state index is 13.4. The van der Waals surface area contributed by atoms with Gasteiger partial charge in [0.05, 0.1) is 33.5 Å². The van der Waals surface area contributed by atoms with Crippen molar-refractivity contribution >= 4 is 56.4 Å². The SMILES string of the molecule is N[C@H](c1cccc(Cl)c1)c1cc(C(=O)c2cncnc2N[C@@H]2C[C@H](COS(N)(=O)=O)[C@@H](O)C2)sc1Cl. The molecule has 0 saturated heterocycles. The Bertz CT molecular complexity index is 1370. The predicted molar refractivity (Wildman–Crippen MR) is 137 cm³/mol. The molecule has 192 valence electrons. The van der Waals surface area contributed by atoms with Crippen LogP contribution in [0.1, 0.15) is 45.2 Å². The minimum Gasteiger partial charge on any atom is -0.393 e. The highest BCUT2D eigenvalue weighted by atomic mass is 35.5. The van der Waals surface area contributed by atoms with Crippen LogP contribution in [-0.2, 0) is 14.5 Å². The Balaban J connectivity index is 1.51. The zero-order valence-electron chi connectivity index (χ0n) is 18.7. The maximum absolute atomic E-state index is 13.4. The predicted octanol–water partition coefficient (Wildman–Crippen LogP) is 2.90. The molecule has 0 spiro atoms. The molecule has 14 heteroatoms. The summed E-state index contributed by atoms with van der Waals surface area (Å²) in [6.45, 7) is -0.239. The van der Waals surface area contributed by atoms with Crippen LogP contribution in [0.5, 0.6) is 0 Å². The zero-order valence-corrected chi connectivity index (χ0v) is 21.8. The fourth-order valence-corrected chi connectivity index (χ4v) is 5.98. The second kappa shape index (κ2) is 11.1. The van der Waals surface area contributed by atoms with Crippen LogP contribution in [-0.4, -0.2) is 48.0 Å². The Labute approximate surface area is 221 Å². The average Bonchev–Trinajstić information content (AvgIpc) is 3.38. The molecule has 1 aliphatic rings. The summed E-state index contributed by atoms with van der Waals surface area (Å²) in [6, 6.07) is 7.89. The fraction of sp³-hybridized carbons (Fsp3) is 0.318. The Morgan fingerprint density at radius 1 is 1.31 bits per heavy atom. The molecule has 36 heavy (non-hydrogen) atoms. The molecule has 6 N–H and O–H groups in total. The van der Waals surface area contributed by atoms with E-state index in [1.807, 2.05) is 6.07 Å². The molecule has 0 radical (unpaired) electrons. The fourth-order valence-electron chi connectivity index (χ4n) is 4.11. The van der Waals surface area contributed by atoms with Crippen LogP contribution in [0.2, 0.25) is 9.36 Å². The number of nitrogens with zero attached hydrogens (tertiary/aromatic N) is 2. The summed E-state index contributed by atoms with van der Waals surface area (Å²) in [5.74, 6) is -0.513. The van der Waals surface area contributed by atoms with Crippen molar-refractivity contribution in [3.05, 3.63) is 73.8 Å². The lowest BCUT2D eigenvalue weighted by Crippen LogP contribution is -2.24. The van der Waals surface area contributed by atoms with Crippen molar-refractivity contribution < 1.29 is 22.5 Å². The standard InChI is InChI=1S/C22H23Cl2N5O5S2/c23-13-3-1-2-11(4-13)19(25)15-7-18(35-21(15)24)20(31)16-8-27-10-28-22(16)29-14-5-12(17(30)6-14)9-34-36(26,32)33/h1-4,7-8,10,12,14,17,19,30H,5-6,9,25H2,(H2,26,32,33)(H,27,28,29)/t12-,14-,17+,19-/m1/s1. The lowest BCUT2D eigenvalue weighted by molar-refractivity contribution is 0.101. The van der Waals surface area contributed by atoms with Crippen LogP contribution in [0, 0.1) is 5.92 Å². The first kappa shape index (κ1) is 26.9. The van der Waals surface area contributed by atoms with Gasteiger partial charge in [-0.1, -0.05) is 35.3 Å². The Morgan fingerprint density at radius 2 is 2.08 bits per heavy atom. The number of nitrogens with two attached hydrogens (primary N) is 2. The van der Waals surface area contributed by atoms with Gasteiger partial charge in [-0.15, -0.1) is 11.3 Å². The molecule has 0 unspecified atom stereocenters. The highest BCUT2D eigenvalue weighted by molar-refractivity contribution is 7.84. The number of anilines is 1. The number of nitrogens with one attached hydrogen (secondary N) is 1. The van der Waals surface area contributed by atoms with Gasteiger partial charge in [-0.2, -0.15) is 8.42 Å². The molecule has 1 aliphatic carbocycles. The first-order valence-electron chi connectivity index (χ1n) is 10.8. The normalized spacial score (nSPS) is 20.9. The molecule has 0 amide bonds. The van der Waals surface area contributed by atoms with Crippen molar-refractivity contribution in [2.45, 2.75) is 31.0 Å². The summed E-state index contributed by atoms with van der Waals surface area (Å²) < 4.78 is 27.1. The van der Waals surface area contributed by atoms with E-state index in [1.165, 1.54) is 12.5 Å². The molecule has 2 aromatic heterocycles. The van der Waals surface area contributed by atoms with E-state index < -0.39 is 28.4 Å². The third-order valence-corrected chi connectivity index (χ3v) is 7.97. The summed E-state index contributed by atoms with van der Waals surface area (Å²) in [7, 11) is -4.11. The largest absolute Gasteiger partial charge is 0.393 e. The van der Waals surface area contributed by atoms with Gasteiger partial charge in [-0.3, -0.25) is 8.98 Å². The summed E-state index contributed by atoms with van der Waals surface area (Å²) in [5, 5.41) is 18.9. The van der Waals surface area contributed by atoms with E-state index in [2.05, 4.69) is 19.5 Å². The highest BCUT2D eigenvalue weighted by Gasteiger charge is 2.35. The smallest absolute Gasteiger partial charge is 0.333 e. The number of rotatable bonds is 9. The molecule has 2 heterocycles. The van der Waals surface area contributed by atoms with Crippen molar-refractivity contribution in [3.8, 4) is 0 Å². The second-order valence-corrected chi connectivity index (χ2v) is 11.7. The van der Waals surface area contributed by atoms with E-state index in [0.717, 1.165) is 16.9 Å². The van der Waals surface area contributed by atoms with Crippen LogP contribution in [0.3, 0.4) is 0 Å². The molecule has 1 aromatic carbocycles. The quantitative estimate of drug-likeness (QED) is 0.282. The molecular weight excluding hydrogens is 549 g/mol. The van der Waals surface area contributed by atoms with Gasteiger partial charge in [0.1, 0.15) is 12.1 Å². The van der Waals surface area contributed by atoms with Crippen molar-refractivity contribution in [1.29, 1.82) is 0 Å². The number of benzene rings is 1. The maximum Gasteiger partial charge on any atom is 0.333 e. The molecule has 1 fully saturated rings. The Morgan fingerprint density at radius 3 is 2.81 bits per heavy atom. The van der Waals surface area contributed by atoms with Crippen LogP contribution in [0.25, 0.3) is 0 Å². The van der Waals surface area contributed by atoms with Gasteiger partial charge in [0.2, 0.25) is 5.78 Å². The number of hydrogen-bond acceptors (Lipinski definition) is 10. The first-order chi connectivity index (χ1) is 17.0. The first-order valence-corrected chi connectivity index (χ1v) is 13.8. The van der Waals surface area contributed by atoms with E-state index in [4.69, 9.17) is 34.1 Å². The number of aliphatic hydroxyl groups excluding tert-OH is 1. The number of ketones is 1. The third kappa shape index (κ3) is 6.39. The summed E-state index contributed by atoms with van der Waals surface area (Å²) in [5.41, 5.74) is 7.96. The third-order valence-electron chi connectivity index (χ3n) is 5.88. The van der Waals surface area contributed by atoms with Crippen molar-refractivity contribution in [3.63, 3.8) is 0 Å². The highest BCUT2D eigenvalue weighted by Crippen LogP contribution is 2.36. The van der Waals surface area contributed by atoms with Gasteiger partial charge in [0.15, 0.2) is 0 Å². The van der Waals surface area contributed by atoms with Gasteiger partial charge in [-0.05, 0) is 36.6 Å². The van der Waals surface area contributed by atoms with Gasteiger partial charge >= 0.3 is 10.3 Å². The van der Waals surface area contributed by atoms with Crippen LogP contribution < -0.4 is 16.2 Å². The second-order valence-electron chi connectivity index (χ2n) is 8.40. The van der Waals surface area contributed by atoms with Crippen molar-refractivity contribution in [2.75, 3.05) is 11.9 Å². The Hall–Kier alpha value is -2.16. The molecular formula is C22H23Cl2N5O5S2. The lowest BCUT2D eigenvalue weighted by atomic mass is 10.0. The van der Waals surface area contributed by atoms with E-state index in [0.29, 0.717) is 32.6 Å². The molecule has 4 atom stereocenters. The van der Waals surface area contributed by atoms with Gasteiger partial charge in [0, 0.05) is 28.7 Å². The number of carbonyl (C=O) groups excluding carboxylic acids is 1. The monoisotopic (exact) mass is 571 g/mol. The van der Waals surface area contributed by atoms with Crippen LogP contribution in [0.15, 0.2) is 42.9 Å². The molecule has 1 saturated carbocycles. The lowest BCUT2D eigenvalue weighted by Gasteiger charge is -2.15. The van der Waals surface area contributed by atoms with E-state index in [1.54, 1.807) is 24.3 Å². The summed E-state index contributed by atoms with van der Waals surface area (Å²) in [6.07, 6.45) is 2.58. The Kier molecular flexibility index (Phi) is 8.27. The molecule has 4 rings (SSSR count). The van der Waals surface area contributed by atoms with E-state index >= 15 is 0 Å². The van der Waals surface area contributed by atoms with Gasteiger partial charge in [0.25, 0.3) is 0 Å². The number of thiophene rings is 1. The van der Waals surface area contributed by atoms with Gasteiger partial charge in [-0.25, -0.2) is 15.1 Å². The minimum atomic E-state index is -4.11. The molecule has 3 aromatic rings. The number of aromatic nitrogens is 2. The zero-order chi connectivity index (χ0) is 26.0. The topological polar surface area (TPSA) is 171 Å². The number of carbonyl (C=O) groups is 1. The summed E-state index contributed by atoms with van der Waals surface area (Å²) in [4.78, 5) is 21.9. The molecule has 10 nitrogen and oxygen atoms in total. The van der Waals surface area contributed by atoms with E-state index in [9.17, 15) is 18.3 Å². The molecule has 0 aliphatic heterocycles. The summed E-state index contributed by atoms with van der Waals surface area (Å²) >= 11 is 13.6.